The monoisotopic (exact) mass is 340 g/mol. The first-order chi connectivity index (χ1) is 9.77. The van der Waals surface area contributed by atoms with Crippen LogP contribution >= 0.6 is 15.9 Å². The lowest BCUT2D eigenvalue weighted by Gasteiger charge is -2.35. The lowest BCUT2D eigenvalue weighted by molar-refractivity contribution is 0.173. The molecular formula is C15H21BrN2O2. The molecule has 0 bridgehead atoms. The summed E-state index contributed by atoms with van der Waals surface area (Å²) in [6.45, 7) is 0. The number of unbranched alkanes of at least 4 members (excludes halogenated alkanes) is 2. The quantitative estimate of drug-likeness (QED) is 0.602. The molecular weight excluding hydrogens is 320 g/mol. The molecule has 0 saturated heterocycles. The largest absolute Gasteiger partial charge is 0.452 e. The number of halogens is 1. The highest BCUT2D eigenvalue weighted by molar-refractivity contribution is 9.09. The Hall–Kier alpha value is -1.10. The van der Waals surface area contributed by atoms with Gasteiger partial charge in [0, 0.05) is 17.6 Å². The Morgan fingerprint density at radius 3 is 3.10 bits per heavy atom. The lowest BCUT2D eigenvalue weighted by atomic mass is 9.95. The van der Waals surface area contributed by atoms with E-state index in [0.717, 1.165) is 42.4 Å². The second-order valence-corrected chi connectivity index (χ2v) is 5.85. The minimum absolute atomic E-state index is 0.208. The number of amides is 1. The number of aromatic nitrogens is 1. The SMILES string of the molecule is COC(=O)N1c2ncccc2CCC1CCCCCBr. The summed E-state index contributed by atoms with van der Waals surface area (Å²) in [5, 5.41) is 1.04. The Kier molecular flexibility index (Phi) is 5.83. The highest BCUT2D eigenvalue weighted by atomic mass is 79.9. The number of anilines is 1. The van der Waals surface area contributed by atoms with E-state index in [9.17, 15) is 4.79 Å². The third-order valence-corrected chi connectivity index (χ3v) is 4.31. The third kappa shape index (κ3) is 3.51. The van der Waals surface area contributed by atoms with E-state index < -0.39 is 0 Å². The van der Waals surface area contributed by atoms with Crippen molar-refractivity contribution >= 4 is 27.8 Å². The van der Waals surface area contributed by atoms with Crippen molar-refractivity contribution in [3.05, 3.63) is 23.9 Å². The van der Waals surface area contributed by atoms with Crippen LogP contribution in [0.2, 0.25) is 0 Å². The number of alkyl halides is 1. The first-order valence-corrected chi connectivity index (χ1v) is 8.27. The fourth-order valence-corrected chi connectivity index (χ4v) is 3.12. The molecule has 0 fully saturated rings. The predicted octanol–water partition coefficient (Wildman–Crippen LogP) is 3.92. The summed E-state index contributed by atoms with van der Waals surface area (Å²) >= 11 is 3.45. The Labute approximate surface area is 128 Å². The molecule has 1 unspecified atom stereocenters. The summed E-state index contributed by atoms with van der Waals surface area (Å²) in [6.07, 6.45) is 7.93. The van der Waals surface area contributed by atoms with Gasteiger partial charge in [0.15, 0.2) is 0 Å². The van der Waals surface area contributed by atoms with Crippen molar-refractivity contribution in [1.82, 2.24) is 4.98 Å². The zero-order valence-corrected chi connectivity index (χ0v) is 13.4. The van der Waals surface area contributed by atoms with Gasteiger partial charge in [0.05, 0.1) is 7.11 Å². The van der Waals surface area contributed by atoms with Gasteiger partial charge in [0.25, 0.3) is 0 Å². The molecule has 5 heteroatoms. The van der Waals surface area contributed by atoms with Gasteiger partial charge in [0.1, 0.15) is 5.82 Å². The van der Waals surface area contributed by atoms with Gasteiger partial charge >= 0.3 is 6.09 Å². The van der Waals surface area contributed by atoms with Crippen LogP contribution in [0.4, 0.5) is 10.6 Å². The number of nitrogens with zero attached hydrogens (tertiary/aromatic N) is 2. The Bertz CT molecular complexity index is 453. The van der Waals surface area contributed by atoms with Gasteiger partial charge in [-0.3, -0.25) is 4.90 Å². The molecule has 0 radical (unpaired) electrons. The summed E-state index contributed by atoms with van der Waals surface area (Å²) in [4.78, 5) is 18.2. The van der Waals surface area contributed by atoms with E-state index >= 15 is 0 Å². The van der Waals surface area contributed by atoms with Gasteiger partial charge in [-0.05, 0) is 37.3 Å². The van der Waals surface area contributed by atoms with E-state index in [0.29, 0.717) is 0 Å². The third-order valence-electron chi connectivity index (χ3n) is 3.75. The molecule has 0 saturated carbocycles. The van der Waals surface area contributed by atoms with Crippen molar-refractivity contribution in [3.8, 4) is 0 Å². The van der Waals surface area contributed by atoms with Gasteiger partial charge < -0.3 is 4.74 Å². The molecule has 1 aromatic heterocycles. The molecule has 0 aliphatic carbocycles. The van der Waals surface area contributed by atoms with E-state index in [4.69, 9.17) is 4.74 Å². The number of pyridine rings is 1. The van der Waals surface area contributed by atoms with Crippen molar-refractivity contribution in [2.24, 2.45) is 0 Å². The first kappa shape index (κ1) is 15.3. The Morgan fingerprint density at radius 1 is 1.50 bits per heavy atom. The Morgan fingerprint density at radius 2 is 2.35 bits per heavy atom. The summed E-state index contributed by atoms with van der Waals surface area (Å²) in [5.41, 5.74) is 1.13. The number of ether oxygens (including phenoxy) is 1. The van der Waals surface area contributed by atoms with Crippen LogP contribution in [0.1, 0.15) is 37.7 Å². The van der Waals surface area contributed by atoms with Gasteiger partial charge in [-0.1, -0.05) is 34.8 Å². The number of hydrogen-bond donors (Lipinski definition) is 0. The zero-order valence-electron chi connectivity index (χ0n) is 11.8. The number of methoxy groups -OCH3 is 1. The van der Waals surface area contributed by atoms with E-state index in [1.165, 1.54) is 20.0 Å². The molecule has 0 aromatic carbocycles. The number of carbonyl (C=O) groups excluding carboxylic acids is 1. The van der Waals surface area contributed by atoms with Crippen LogP contribution in [0.15, 0.2) is 18.3 Å². The zero-order chi connectivity index (χ0) is 14.4. The van der Waals surface area contributed by atoms with Crippen LogP contribution in [0.25, 0.3) is 0 Å². The topological polar surface area (TPSA) is 42.4 Å². The standard InChI is InChI=1S/C15H21BrN2O2/c1-20-15(19)18-13(7-3-2-4-10-16)9-8-12-6-5-11-17-14(12)18/h5-6,11,13H,2-4,7-10H2,1H3. The number of hydrogen-bond acceptors (Lipinski definition) is 3. The molecule has 1 aliphatic heterocycles. The van der Waals surface area contributed by atoms with Gasteiger partial charge in [0.2, 0.25) is 0 Å². The van der Waals surface area contributed by atoms with Gasteiger partial charge in [-0.25, -0.2) is 9.78 Å². The molecule has 0 N–H and O–H groups in total. The molecule has 4 nitrogen and oxygen atoms in total. The van der Waals surface area contributed by atoms with E-state index in [-0.39, 0.29) is 12.1 Å². The summed E-state index contributed by atoms with van der Waals surface area (Å²) in [6, 6.07) is 4.17. The molecule has 2 heterocycles. The normalized spacial score (nSPS) is 17.7. The highest BCUT2D eigenvalue weighted by Gasteiger charge is 2.32. The van der Waals surface area contributed by atoms with Gasteiger partial charge in [-0.2, -0.15) is 0 Å². The molecule has 110 valence electrons. The molecule has 1 amide bonds. The van der Waals surface area contributed by atoms with Crippen molar-refractivity contribution in [3.63, 3.8) is 0 Å². The van der Waals surface area contributed by atoms with Crippen molar-refractivity contribution < 1.29 is 9.53 Å². The van der Waals surface area contributed by atoms with Crippen molar-refractivity contribution in [2.45, 2.75) is 44.6 Å². The molecule has 2 rings (SSSR count). The van der Waals surface area contributed by atoms with Crippen LogP contribution in [0.3, 0.4) is 0 Å². The fourth-order valence-electron chi connectivity index (χ4n) is 2.73. The van der Waals surface area contributed by atoms with Crippen LogP contribution in [-0.2, 0) is 11.2 Å². The summed E-state index contributed by atoms with van der Waals surface area (Å²) < 4.78 is 4.94. The highest BCUT2D eigenvalue weighted by Crippen LogP contribution is 2.31. The average Bonchev–Trinajstić information content (AvgIpc) is 2.50. The molecule has 20 heavy (non-hydrogen) atoms. The van der Waals surface area contributed by atoms with Crippen LogP contribution in [0.5, 0.6) is 0 Å². The number of rotatable bonds is 5. The number of carbonyl (C=O) groups is 1. The fraction of sp³-hybridized carbons (Fsp3) is 0.600. The molecule has 1 aromatic rings. The minimum Gasteiger partial charge on any atom is -0.452 e. The molecule has 1 atom stereocenters. The van der Waals surface area contributed by atoms with Crippen molar-refractivity contribution in [1.29, 1.82) is 0 Å². The minimum atomic E-state index is -0.296. The number of aryl methyl sites for hydroxylation is 1. The van der Waals surface area contributed by atoms with Crippen LogP contribution in [-0.4, -0.2) is 29.6 Å². The smallest absolute Gasteiger partial charge is 0.415 e. The van der Waals surface area contributed by atoms with Crippen LogP contribution < -0.4 is 4.90 Å². The second-order valence-electron chi connectivity index (χ2n) is 5.06. The first-order valence-electron chi connectivity index (χ1n) is 7.15. The van der Waals surface area contributed by atoms with E-state index in [2.05, 4.69) is 20.9 Å². The van der Waals surface area contributed by atoms with Crippen molar-refractivity contribution in [2.75, 3.05) is 17.3 Å². The summed E-state index contributed by atoms with van der Waals surface area (Å²) in [7, 11) is 1.43. The summed E-state index contributed by atoms with van der Waals surface area (Å²) in [5.74, 6) is 0.774. The van der Waals surface area contributed by atoms with E-state index in [1.807, 2.05) is 12.1 Å². The molecule has 0 spiro atoms. The second kappa shape index (κ2) is 7.62. The van der Waals surface area contributed by atoms with E-state index in [1.54, 1.807) is 11.1 Å². The van der Waals surface area contributed by atoms with Crippen LogP contribution in [0, 0.1) is 0 Å². The molecule has 1 aliphatic rings. The average molecular weight is 341 g/mol. The maximum atomic E-state index is 12.1. The predicted molar refractivity (Wildman–Crippen MR) is 83.5 cm³/mol. The number of fused-ring (bicyclic) bond motifs is 1. The maximum Gasteiger partial charge on any atom is 0.415 e. The Balaban J connectivity index is 2.10. The van der Waals surface area contributed by atoms with Gasteiger partial charge in [-0.15, -0.1) is 0 Å². The lowest BCUT2D eigenvalue weighted by Crippen LogP contribution is -2.44. The maximum absolute atomic E-state index is 12.1.